The van der Waals surface area contributed by atoms with Crippen LogP contribution in [0.5, 0.6) is 0 Å². The second-order valence-electron chi connectivity index (χ2n) is 17.2. The van der Waals surface area contributed by atoms with Gasteiger partial charge in [0.2, 0.25) is 11.8 Å². The molecule has 296 valence electrons. The minimum Gasteiger partial charge on any atom is -0.442 e. The Labute approximate surface area is 324 Å². The summed E-state index contributed by atoms with van der Waals surface area (Å²) in [6.45, 7) is 13.6. The minimum atomic E-state index is -0.750. The van der Waals surface area contributed by atoms with E-state index in [2.05, 4.69) is 38.6 Å². The van der Waals surface area contributed by atoms with E-state index in [0.717, 1.165) is 85.1 Å². The van der Waals surface area contributed by atoms with Gasteiger partial charge in [-0.1, -0.05) is 24.3 Å². The number of nitrogens with one attached hydrogen (secondary N) is 2. The van der Waals surface area contributed by atoms with Crippen molar-refractivity contribution in [3.8, 4) is 0 Å². The number of carbonyl (C=O) groups excluding carboxylic acids is 4. The van der Waals surface area contributed by atoms with Crippen LogP contribution in [0.25, 0.3) is 10.9 Å². The lowest BCUT2D eigenvalue weighted by atomic mass is 9.78. The lowest BCUT2D eigenvalue weighted by Crippen LogP contribution is -2.59. The molecule has 5 heterocycles. The molecule has 3 aromatic rings. The first-order valence-electron chi connectivity index (χ1n) is 20.1. The summed E-state index contributed by atoms with van der Waals surface area (Å²) in [6.07, 6.45) is 6.66. The Morgan fingerprint density at radius 1 is 0.945 bits per heavy atom. The molecule has 0 bridgehead atoms. The smallest absolute Gasteiger partial charge is 0.318 e. The number of aromatic nitrogens is 2. The summed E-state index contributed by atoms with van der Waals surface area (Å²) >= 11 is 0. The molecule has 7 rings (SSSR count). The molecule has 3 saturated heterocycles. The van der Waals surface area contributed by atoms with Crippen LogP contribution < -0.4 is 10.6 Å². The van der Waals surface area contributed by atoms with E-state index < -0.39 is 11.5 Å². The maximum absolute atomic E-state index is 14.4. The number of anilines is 1. The van der Waals surface area contributed by atoms with E-state index >= 15 is 0 Å². The molecule has 3 fully saturated rings. The molecule has 13 nitrogen and oxygen atoms in total. The molecular formula is C42H58N8O5. The van der Waals surface area contributed by atoms with Gasteiger partial charge in [0, 0.05) is 74.9 Å². The predicted molar refractivity (Wildman–Crippen MR) is 211 cm³/mol. The van der Waals surface area contributed by atoms with Crippen LogP contribution in [0, 0.1) is 24.2 Å². The van der Waals surface area contributed by atoms with Crippen molar-refractivity contribution < 1.29 is 23.9 Å². The van der Waals surface area contributed by atoms with E-state index in [1.165, 1.54) is 0 Å². The number of ether oxygens (including phenoxy) is 1. The maximum atomic E-state index is 14.4. The highest BCUT2D eigenvalue weighted by atomic mass is 16.5. The topological polar surface area (TPSA) is 132 Å². The van der Waals surface area contributed by atoms with Crippen molar-refractivity contribution in [2.45, 2.75) is 85.0 Å². The SMILES string of the molecule is Cc1cc(C[C@@H](NC(=O)N2CCC(C3Cc4ccccc4NC3=O)CC2)C(=O)N2CCN(C3CCN(C)CC3)CC2)cc2cn(COC(=O)C(C)(C)C)nc12. The summed E-state index contributed by atoms with van der Waals surface area (Å²) in [5, 5.41) is 11.8. The quantitative estimate of drug-likeness (QED) is 0.326. The van der Waals surface area contributed by atoms with Crippen molar-refractivity contribution >= 4 is 40.4 Å². The Morgan fingerprint density at radius 3 is 2.36 bits per heavy atom. The van der Waals surface area contributed by atoms with Crippen LogP contribution in [0.4, 0.5) is 10.5 Å². The van der Waals surface area contributed by atoms with E-state index in [-0.39, 0.29) is 42.4 Å². The Morgan fingerprint density at radius 2 is 1.65 bits per heavy atom. The number of benzene rings is 2. The summed E-state index contributed by atoms with van der Waals surface area (Å²) in [5.74, 6) is -0.236. The van der Waals surface area contributed by atoms with Gasteiger partial charge in [-0.25, -0.2) is 9.48 Å². The van der Waals surface area contributed by atoms with Crippen LogP contribution in [-0.4, -0.2) is 125 Å². The number of rotatable bonds is 8. The van der Waals surface area contributed by atoms with Gasteiger partial charge in [-0.3, -0.25) is 19.3 Å². The number of fused-ring (bicyclic) bond motifs is 2. The van der Waals surface area contributed by atoms with Crippen molar-refractivity contribution in [3.63, 3.8) is 0 Å². The molecule has 4 aliphatic rings. The van der Waals surface area contributed by atoms with Gasteiger partial charge < -0.3 is 30.1 Å². The number of para-hydroxylation sites is 1. The fraction of sp³-hybridized carbons (Fsp3) is 0.595. The fourth-order valence-corrected chi connectivity index (χ4v) is 8.79. The number of carbonyl (C=O) groups is 4. The molecule has 0 spiro atoms. The normalized spacial score (nSPS) is 21.3. The second kappa shape index (κ2) is 16.3. The number of nitrogens with zero attached hydrogens (tertiary/aromatic N) is 6. The molecule has 4 amide bonds. The van der Waals surface area contributed by atoms with Gasteiger partial charge in [-0.2, -0.15) is 5.10 Å². The standard InChI is InChI=1S/C42H58N8O5/c1-28-22-29(23-32-26-50(45-37(28)32)27-55-40(53)42(2,3)4)24-36(39(52)48-20-18-47(19-21-48)33-12-14-46(5)15-13-33)44-41(54)49-16-10-30(11-17-49)34-25-31-8-6-7-9-35(31)43-38(34)51/h6-9,22-23,26,30,33-34,36H,10-21,24-25,27H2,1-5H3,(H,43,51)(H,44,54)/t34?,36-/m1/s1. The molecule has 1 aromatic heterocycles. The number of piperidine rings is 2. The summed E-state index contributed by atoms with van der Waals surface area (Å²) in [5.41, 5.74) is 4.09. The Kier molecular flexibility index (Phi) is 11.5. The fourth-order valence-electron chi connectivity index (χ4n) is 8.79. The number of urea groups is 1. The van der Waals surface area contributed by atoms with Crippen molar-refractivity contribution in [1.82, 2.24) is 34.7 Å². The number of hydrogen-bond acceptors (Lipinski definition) is 8. The van der Waals surface area contributed by atoms with Crippen molar-refractivity contribution in [2.75, 3.05) is 64.7 Å². The highest BCUT2D eigenvalue weighted by Gasteiger charge is 2.37. The van der Waals surface area contributed by atoms with Gasteiger partial charge in [0.25, 0.3) is 0 Å². The molecule has 2 atom stereocenters. The first kappa shape index (κ1) is 38.8. The highest BCUT2D eigenvalue weighted by Crippen LogP contribution is 2.34. The molecule has 1 unspecified atom stereocenters. The summed E-state index contributed by atoms with van der Waals surface area (Å²) in [4.78, 5) is 62.4. The van der Waals surface area contributed by atoms with Crippen molar-refractivity contribution in [3.05, 3.63) is 59.3 Å². The molecule has 0 aliphatic carbocycles. The predicted octanol–water partition coefficient (Wildman–Crippen LogP) is 4.27. The number of amides is 4. The van der Waals surface area contributed by atoms with E-state index in [0.29, 0.717) is 45.1 Å². The average Bonchev–Trinajstić information content (AvgIpc) is 3.60. The molecular weight excluding hydrogens is 697 g/mol. The van der Waals surface area contributed by atoms with Gasteiger partial charge >= 0.3 is 12.0 Å². The van der Waals surface area contributed by atoms with E-state index in [1.54, 1.807) is 9.58 Å². The molecule has 0 radical (unpaired) electrons. The zero-order chi connectivity index (χ0) is 38.9. The van der Waals surface area contributed by atoms with Crippen LogP contribution in [-0.2, 0) is 38.7 Å². The zero-order valence-corrected chi connectivity index (χ0v) is 33.2. The summed E-state index contributed by atoms with van der Waals surface area (Å²) < 4.78 is 7.13. The van der Waals surface area contributed by atoms with Gasteiger partial charge in [0.1, 0.15) is 6.04 Å². The average molecular weight is 755 g/mol. The minimum absolute atomic E-state index is 0.00959. The third-order valence-electron chi connectivity index (χ3n) is 12.2. The van der Waals surface area contributed by atoms with Crippen molar-refractivity contribution in [2.24, 2.45) is 17.3 Å². The van der Waals surface area contributed by atoms with Gasteiger partial charge in [-0.05, 0) is 115 Å². The van der Waals surface area contributed by atoms with Crippen LogP contribution in [0.15, 0.2) is 42.6 Å². The summed E-state index contributed by atoms with van der Waals surface area (Å²) in [7, 11) is 2.17. The first-order chi connectivity index (χ1) is 26.3. The summed E-state index contributed by atoms with van der Waals surface area (Å²) in [6, 6.07) is 11.6. The van der Waals surface area contributed by atoms with Crippen LogP contribution in [0.1, 0.15) is 63.1 Å². The number of esters is 1. The lowest BCUT2D eigenvalue weighted by Gasteiger charge is -2.43. The molecule has 0 saturated carbocycles. The van der Waals surface area contributed by atoms with E-state index in [9.17, 15) is 19.2 Å². The second-order valence-corrected chi connectivity index (χ2v) is 17.2. The van der Waals surface area contributed by atoms with Gasteiger partial charge in [-0.15, -0.1) is 0 Å². The van der Waals surface area contributed by atoms with Gasteiger partial charge in [0.15, 0.2) is 6.73 Å². The first-order valence-corrected chi connectivity index (χ1v) is 20.1. The molecule has 55 heavy (non-hydrogen) atoms. The third kappa shape index (κ3) is 8.99. The van der Waals surface area contributed by atoms with Crippen LogP contribution >= 0.6 is 0 Å². The largest absolute Gasteiger partial charge is 0.442 e. The highest BCUT2D eigenvalue weighted by molar-refractivity contribution is 5.96. The number of aryl methyl sites for hydroxylation is 1. The maximum Gasteiger partial charge on any atom is 0.318 e. The zero-order valence-electron chi connectivity index (χ0n) is 33.2. The third-order valence-corrected chi connectivity index (χ3v) is 12.2. The monoisotopic (exact) mass is 754 g/mol. The number of hydrogen-bond donors (Lipinski definition) is 2. The lowest BCUT2D eigenvalue weighted by molar-refractivity contribution is -0.157. The molecule has 4 aliphatic heterocycles. The Hall–Kier alpha value is -4.49. The molecule has 2 aromatic carbocycles. The number of likely N-dealkylation sites (tertiary alicyclic amines) is 2. The van der Waals surface area contributed by atoms with Crippen molar-refractivity contribution in [1.29, 1.82) is 0 Å². The Bertz CT molecular complexity index is 1880. The van der Waals surface area contributed by atoms with E-state index in [4.69, 9.17) is 4.74 Å². The van der Waals surface area contributed by atoms with Crippen LogP contribution in [0.2, 0.25) is 0 Å². The van der Waals surface area contributed by atoms with Gasteiger partial charge in [0.05, 0.1) is 10.9 Å². The van der Waals surface area contributed by atoms with Crippen LogP contribution in [0.3, 0.4) is 0 Å². The number of piperazine rings is 1. The molecule has 2 N–H and O–H groups in total. The molecule has 13 heteroatoms. The van der Waals surface area contributed by atoms with E-state index in [1.807, 2.05) is 69.1 Å². The Balaban J connectivity index is 1.03.